The maximum atomic E-state index is 13.6. The van der Waals surface area contributed by atoms with E-state index in [0.717, 1.165) is 18.2 Å². The van der Waals surface area contributed by atoms with Crippen LogP contribution >= 0.6 is 0 Å². The molecule has 136 valence electrons. The Morgan fingerprint density at radius 1 is 0.962 bits per heavy atom. The van der Waals surface area contributed by atoms with E-state index in [2.05, 4.69) is 5.32 Å². The van der Waals surface area contributed by atoms with E-state index in [1.165, 1.54) is 24.3 Å². The number of amides is 1. The zero-order chi connectivity index (χ0) is 19.3. The minimum absolute atomic E-state index is 0.0414. The average Bonchev–Trinajstić information content (AvgIpc) is 2.58. The van der Waals surface area contributed by atoms with E-state index in [0.29, 0.717) is 5.56 Å². The molecular formula is C18H15F2NO5. The van der Waals surface area contributed by atoms with Crippen LogP contribution in [0, 0.1) is 11.6 Å². The first-order chi connectivity index (χ1) is 12.3. The van der Waals surface area contributed by atoms with Crippen LogP contribution < -0.4 is 5.32 Å². The van der Waals surface area contributed by atoms with Gasteiger partial charge in [-0.25, -0.2) is 18.4 Å². The van der Waals surface area contributed by atoms with Crippen molar-refractivity contribution in [1.29, 1.82) is 0 Å². The Morgan fingerprint density at radius 3 is 2.04 bits per heavy atom. The number of benzene rings is 2. The van der Waals surface area contributed by atoms with E-state index in [4.69, 9.17) is 5.11 Å². The van der Waals surface area contributed by atoms with Gasteiger partial charge in [-0.05, 0) is 29.8 Å². The lowest BCUT2D eigenvalue weighted by Gasteiger charge is -2.15. The molecule has 0 aliphatic rings. The monoisotopic (exact) mass is 363 g/mol. The fraction of sp³-hybridized carbons (Fsp3) is 0.167. The smallest absolute Gasteiger partial charge is 0.335 e. The number of nitrogens with one attached hydrogen (secondary N) is 1. The first kappa shape index (κ1) is 19.0. The fourth-order valence-electron chi connectivity index (χ4n) is 2.33. The molecule has 2 aromatic rings. The number of carbonyl (C=O) groups excluding carboxylic acids is 1. The van der Waals surface area contributed by atoms with Crippen molar-refractivity contribution in [3.63, 3.8) is 0 Å². The third-order valence-electron chi connectivity index (χ3n) is 3.67. The van der Waals surface area contributed by atoms with Crippen molar-refractivity contribution in [2.45, 2.75) is 18.9 Å². The summed E-state index contributed by atoms with van der Waals surface area (Å²) >= 11 is 0. The van der Waals surface area contributed by atoms with Crippen LogP contribution in [0.15, 0.2) is 42.5 Å². The number of rotatable bonds is 7. The molecule has 0 aromatic heterocycles. The molecule has 0 saturated heterocycles. The van der Waals surface area contributed by atoms with Gasteiger partial charge in [-0.2, -0.15) is 0 Å². The summed E-state index contributed by atoms with van der Waals surface area (Å²) in [6, 6.07) is 7.33. The number of aromatic carboxylic acids is 1. The standard InChI is InChI=1S/C18H15F2NO5/c19-13-2-1-3-14(20)12(13)9-16(22)21-15(18(25)26)8-10-4-6-11(7-5-10)17(23)24/h1-7,15H,8-9H2,(H,21,22)(H,23,24)(H,25,26)/t15-/m1/s1. The SMILES string of the molecule is O=C(Cc1c(F)cccc1F)N[C@H](Cc1ccc(C(=O)O)cc1)C(=O)O. The van der Waals surface area contributed by atoms with Crippen molar-refractivity contribution in [3.8, 4) is 0 Å². The van der Waals surface area contributed by atoms with Crippen molar-refractivity contribution in [3.05, 3.63) is 70.8 Å². The highest BCUT2D eigenvalue weighted by atomic mass is 19.1. The Labute approximate surface area is 147 Å². The molecular weight excluding hydrogens is 348 g/mol. The Kier molecular flexibility index (Phi) is 6.00. The van der Waals surface area contributed by atoms with E-state index < -0.39 is 47.5 Å². The van der Waals surface area contributed by atoms with Gasteiger partial charge in [0.1, 0.15) is 17.7 Å². The quantitative estimate of drug-likeness (QED) is 0.698. The summed E-state index contributed by atoms with van der Waals surface area (Å²) in [6.45, 7) is 0. The fourth-order valence-corrected chi connectivity index (χ4v) is 2.33. The number of carboxylic acids is 2. The third kappa shape index (κ3) is 4.85. The van der Waals surface area contributed by atoms with Gasteiger partial charge in [0.05, 0.1) is 12.0 Å². The molecule has 6 nitrogen and oxygen atoms in total. The zero-order valence-corrected chi connectivity index (χ0v) is 13.4. The van der Waals surface area contributed by atoms with Crippen molar-refractivity contribution < 1.29 is 33.4 Å². The van der Waals surface area contributed by atoms with Gasteiger partial charge in [0.15, 0.2) is 0 Å². The predicted molar refractivity (Wildman–Crippen MR) is 86.7 cm³/mol. The number of carboxylic acid groups (broad SMARTS) is 2. The van der Waals surface area contributed by atoms with Gasteiger partial charge >= 0.3 is 11.9 Å². The van der Waals surface area contributed by atoms with Crippen molar-refractivity contribution in [2.75, 3.05) is 0 Å². The van der Waals surface area contributed by atoms with Crippen LogP contribution in [0.4, 0.5) is 8.78 Å². The summed E-state index contributed by atoms with van der Waals surface area (Å²) in [5.41, 5.74) is 0.0828. The molecule has 0 spiro atoms. The minimum atomic E-state index is -1.33. The molecule has 0 aliphatic heterocycles. The van der Waals surface area contributed by atoms with Gasteiger partial charge in [-0.1, -0.05) is 18.2 Å². The molecule has 8 heteroatoms. The number of carbonyl (C=O) groups is 3. The van der Waals surface area contributed by atoms with Crippen molar-refractivity contribution in [1.82, 2.24) is 5.32 Å². The van der Waals surface area contributed by atoms with Gasteiger partial charge in [0.25, 0.3) is 0 Å². The molecule has 2 rings (SSSR count). The molecule has 0 fully saturated rings. The first-order valence-corrected chi connectivity index (χ1v) is 7.55. The molecule has 0 aliphatic carbocycles. The van der Waals surface area contributed by atoms with Gasteiger partial charge in [-0.15, -0.1) is 0 Å². The van der Waals surface area contributed by atoms with Crippen LogP contribution in [0.1, 0.15) is 21.5 Å². The first-order valence-electron chi connectivity index (χ1n) is 7.55. The summed E-state index contributed by atoms with van der Waals surface area (Å²) in [5.74, 6) is -5.07. The maximum Gasteiger partial charge on any atom is 0.335 e. The van der Waals surface area contributed by atoms with Crippen LogP contribution in [0.25, 0.3) is 0 Å². The maximum absolute atomic E-state index is 13.6. The van der Waals surface area contributed by atoms with Gasteiger partial charge in [-0.3, -0.25) is 4.79 Å². The highest BCUT2D eigenvalue weighted by molar-refractivity contribution is 5.87. The average molecular weight is 363 g/mol. The number of hydrogen-bond donors (Lipinski definition) is 3. The molecule has 0 bridgehead atoms. The Bertz CT molecular complexity index is 816. The second-order valence-corrected chi connectivity index (χ2v) is 5.54. The van der Waals surface area contributed by atoms with E-state index in [-0.39, 0.29) is 12.0 Å². The Morgan fingerprint density at radius 2 is 1.54 bits per heavy atom. The van der Waals surface area contributed by atoms with Crippen molar-refractivity contribution >= 4 is 17.8 Å². The molecule has 0 saturated carbocycles. The molecule has 1 amide bonds. The summed E-state index contributed by atoms with van der Waals surface area (Å²) in [7, 11) is 0. The Hall–Kier alpha value is -3.29. The highest BCUT2D eigenvalue weighted by Crippen LogP contribution is 2.13. The molecule has 2 aromatic carbocycles. The van der Waals surface area contributed by atoms with Gasteiger partial charge in [0.2, 0.25) is 5.91 Å². The number of halogens is 2. The minimum Gasteiger partial charge on any atom is -0.480 e. The van der Waals surface area contributed by atoms with Gasteiger partial charge in [0, 0.05) is 12.0 Å². The zero-order valence-electron chi connectivity index (χ0n) is 13.4. The largest absolute Gasteiger partial charge is 0.480 e. The lowest BCUT2D eigenvalue weighted by molar-refractivity contribution is -0.141. The van der Waals surface area contributed by atoms with Crippen LogP contribution in [0.2, 0.25) is 0 Å². The molecule has 26 heavy (non-hydrogen) atoms. The van der Waals surface area contributed by atoms with Crippen LogP contribution in [0.5, 0.6) is 0 Å². The summed E-state index contributed by atoms with van der Waals surface area (Å²) in [6.07, 6.45) is -0.749. The second kappa shape index (κ2) is 8.19. The number of hydrogen-bond acceptors (Lipinski definition) is 3. The third-order valence-corrected chi connectivity index (χ3v) is 3.67. The van der Waals surface area contributed by atoms with E-state index in [1.807, 2.05) is 0 Å². The van der Waals surface area contributed by atoms with Crippen LogP contribution in [-0.4, -0.2) is 34.1 Å². The van der Waals surface area contributed by atoms with Gasteiger partial charge < -0.3 is 15.5 Å². The second-order valence-electron chi connectivity index (χ2n) is 5.54. The topological polar surface area (TPSA) is 104 Å². The lowest BCUT2D eigenvalue weighted by Crippen LogP contribution is -2.43. The normalized spacial score (nSPS) is 11.6. The Balaban J connectivity index is 2.06. The summed E-state index contributed by atoms with van der Waals surface area (Å²) in [4.78, 5) is 34.1. The summed E-state index contributed by atoms with van der Waals surface area (Å²) in [5, 5.41) is 20.3. The molecule has 3 N–H and O–H groups in total. The molecule has 0 heterocycles. The highest BCUT2D eigenvalue weighted by Gasteiger charge is 2.22. The lowest BCUT2D eigenvalue weighted by atomic mass is 10.0. The summed E-state index contributed by atoms with van der Waals surface area (Å²) < 4.78 is 27.1. The molecule has 1 atom stereocenters. The number of aliphatic carboxylic acids is 1. The molecule has 0 radical (unpaired) electrons. The molecule has 0 unspecified atom stereocenters. The predicted octanol–water partition coefficient (Wildman–Crippen LogP) is 2.02. The van der Waals surface area contributed by atoms with E-state index in [1.54, 1.807) is 0 Å². The van der Waals surface area contributed by atoms with Crippen LogP contribution in [-0.2, 0) is 22.4 Å². The van der Waals surface area contributed by atoms with Crippen LogP contribution in [0.3, 0.4) is 0 Å². The van der Waals surface area contributed by atoms with Crippen molar-refractivity contribution in [2.24, 2.45) is 0 Å². The van der Waals surface area contributed by atoms with E-state index >= 15 is 0 Å². The van der Waals surface area contributed by atoms with E-state index in [9.17, 15) is 28.3 Å².